The average Bonchev–Trinajstić information content (AvgIpc) is 2.43. The SMILES string of the molecule is CCN(Cc1cc(C(C)O)ccc1OC)C(C)CN(C)C. The predicted molar refractivity (Wildman–Crippen MR) is 87.7 cm³/mol. The number of likely N-dealkylation sites (N-methyl/N-ethyl adjacent to an activating group) is 2. The molecule has 0 amide bonds. The third-order valence-electron chi connectivity index (χ3n) is 3.82. The summed E-state index contributed by atoms with van der Waals surface area (Å²) in [6.07, 6.45) is -0.455. The van der Waals surface area contributed by atoms with Crippen molar-refractivity contribution in [3.05, 3.63) is 29.3 Å². The minimum absolute atomic E-state index is 0.455. The molecule has 0 aromatic heterocycles. The van der Waals surface area contributed by atoms with Gasteiger partial charge in [-0.1, -0.05) is 13.0 Å². The van der Waals surface area contributed by atoms with Gasteiger partial charge in [-0.05, 0) is 52.2 Å². The zero-order chi connectivity index (χ0) is 16.0. The van der Waals surface area contributed by atoms with Crippen LogP contribution in [-0.4, -0.2) is 55.2 Å². The lowest BCUT2D eigenvalue weighted by Crippen LogP contribution is -2.39. The molecular formula is C17H30N2O2. The molecule has 0 aliphatic heterocycles. The van der Waals surface area contributed by atoms with E-state index in [-0.39, 0.29) is 0 Å². The van der Waals surface area contributed by atoms with E-state index in [0.717, 1.165) is 36.5 Å². The summed E-state index contributed by atoms with van der Waals surface area (Å²) >= 11 is 0. The molecule has 0 saturated carbocycles. The van der Waals surface area contributed by atoms with E-state index < -0.39 is 6.10 Å². The van der Waals surface area contributed by atoms with Crippen molar-refractivity contribution in [1.82, 2.24) is 9.80 Å². The monoisotopic (exact) mass is 294 g/mol. The van der Waals surface area contributed by atoms with Gasteiger partial charge < -0.3 is 14.7 Å². The minimum atomic E-state index is -0.455. The third kappa shape index (κ3) is 5.30. The van der Waals surface area contributed by atoms with Crippen LogP contribution in [0.5, 0.6) is 5.75 Å². The molecule has 21 heavy (non-hydrogen) atoms. The van der Waals surface area contributed by atoms with E-state index in [9.17, 15) is 5.11 Å². The van der Waals surface area contributed by atoms with E-state index in [2.05, 4.69) is 43.8 Å². The molecule has 0 fully saturated rings. The zero-order valence-electron chi connectivity index (χ0n) is 14.3. The molecule has 2 atom stereocenters. The third-order valence-corrected chi connectivity index (χ3v) is 3.82. The van der Waals surface area contributed by atoms with Gasteiger partial charge in [-0.25, -0.2) is 0 Å². The Hall–Kier alpha value is -1.10. The van der Waals surface area contributed by atoms with Gasteiger partial charge in [0.05, 0.1) is 13.2 Å². The highest BCUT2D eigenvalue weighted by molar-refractivity contribution is 5.38. The zero-order valence-corrected chi connectivity index (χ0v) is 14.3. The number of hydrogen-bond acceptors (Lipinski definition) is 4. The van der Waals surface area contributed by atoms with Crippen LogP contribution in [0.2, 0.25) is 0 Å². The summed E-state index contributed by atoms with van der Waals surface area (Å²) in [4.78, 5) is 4.63. The first kappa shape index (κ1) is 18.0. The van der Waals surface area contributed by atoms with Crippen LogP contribution in [0, 0.1) is 0 Å². The fourth-order valence-electron chi connectivity index (χ4n) is 2.62. The number of hydrogen-bond donors (Lipinski definition) is 1. The highest BCUT2D eigenvalue weighted by Gasteiger charge is 2.16. The number of ether oxygens (including phenoxy) is 1. The van der Waals surface area contributed by atoms with E-state index in [1.807, 2.05) is 12.1 Å². The van der Waals surface area contributed by atoms with Crippen LogP contribution < -0.4 is 4.74 Å². The minimum Gasteiger partial charge on any atom is -0.496 e. The summed E-state index contributed by atoms with van der Waals surface area (Å²) in [6, 6.07) is 6.38. The van der Waals surface area contributed by atoms with E-state index in [0.29, 0.717) is 6.04 Å². The van der Waals surface area contributed by atoms with Crippen molar-refractivity contribution in [2.75, 3.05) is 34.3 Å². The Bertz CT molecular complexity index is 433. The fraction of sp³-hybridized carbons (Fsp3) is 0.647. The van der Waals surface area contributed by atoms with Crippen molar-refractivity contribution < 1.29 is 9.84 Å². The fourth-order valence-corrected chi connectivity index (χ4v) is 2.62. The van der Waals surface area contributed by atoms with Gasteiger partial charge in [-0.15, -0.1) is 0 Å². The van der Waals surface area contributed by atoms with Gasteiger partial charge in [0.15, 0.2) is 0 Å². The molecule has 0 saturated heterocycles. The van der Waals surface area contributed by atoms with Gasteiger partial charge in [0, 0.05) is 24.7 Å². The van der Waals surface area contributed by atoms with E-state index >= 15 is 0 Å². The molecule has 120 valence electrons. The van der Waals surface area contributed by atoms with Crippen molar-refractivity contribution in [2.24, 2.45) is 0 Å². The summed E-state index contributed by atoms with van der Waals surface area (Å²) in [6.45, 7) is 9.04. The van der Waals surface area contributed by atoms with Crippen molar-refractivity contribution in [3.8, 4) is 5.75 Å². The van der Waals surface area contributed by atoms with Crippen LogP contribution in [0.1, 0.15) is 38.0 Å². The predicted octanol–water partition coefficient (Wildman–Crippen LogP) is 2.52. The van der Waals surface area contributed by atoms with Gasteiger partial charge in [-0.2, -0.15) is 0 Å². The second-order valence-corrected chi connectivity index (χ2v) is 5.92. The molecule has 0 spiro atoms. The van der Waals surface area contributed by atoms with E-state index in [1.54, 1.807) is 14.0 Å². The lowest BCUT2D eigenvalue weighted by atomic mass is 10.0. The average molecular weight is 294 g/mol. The maximum Gasteiger partial charge on any atom is 0.123 e. The van der Waals surface area contributed by atoms with Gasteiger partial charge in [0.25, 0.3) is 0 Å². The molecule has 1 rings (SSSR count). The van der Waals surface area contributed by atoms with Crippen LogP contribution in [0.4, 0.5) is 0 Å². The topological polar surface area (TPSA) is 35.9 Å². The Labute approximate surface area is 129 Å². The molecule has 1 aromatic carbocycles. The first-order valence-corrected chi connectivity index (χ1v) is 7.62. The number of aliphatic hydroxyl groups excluding tert-OH is 1. The summed E-state index contributed by atoms with van der Waals surface area (Å²) in [5.74, 6) is 0.884. The molecule has 1 N–H and O–H groups in total. The van der Waals surface area contributed by atoms with Crippen LogP contribution in [0.25, 0.3) is 0 Å². The molecule has 1 aromatic rings. The van der Waals surface area contributed by atoms with E-state index in [1.165, 1.54) is 0 Å². The molecule has 0 aliphatic carbocycles. The van der Waals surface area contributed by atoms with Crippen molar-refractivity contribution in [1.29, 1.82) is 0 Å². The lowest BCUT2D eigenvalue weighted by Gasteiger charge is -2.30. The molecule has 4 nitrogen and oxygen atoms in total. The first-order chi connectivity index (χ1) is 9.88. The Balaban J connectivity index is 2.94. The molecule has 0 heterocycles. The smallest absolute Gasteiger partial charge is 0.123 e. The van der Waals surface area contributed by atoms with Gasteiger partial charge in [-0.3, -0.25) is 4.90 Å². The summed E-state index contributed by atoms with van der Waals surface area (Å²) < 4.78 is 5.47. The standard InChI is InChI=1S/C17H30N2O2/c1-7-19(13(2)11-18(4)5)12-16-10-15(14(3)20)8-9-17(16)21-6/h8-10,13-14,20H,7,11-12H2,1-6H3. The van der Waals surface area contributed by atoms with Crippen LogP contribution in [0.15, 0.2) is 18.2 Å². The highest BCUT2D eigenvalue weighted by atomic mass is 16.5. The quantitative estimate of drug-likeness (QED) is 0.799. The van der Waals surface area contributed by atoms with Crippen molar-refractivity contribution in [2.45, 2.75) is 39.5 Å². The summed E-state index contributed by atoms with van der Waals surface area (Å²) in [5, 5.41) is 9.77. The van der Waals surface area contributed by atoms with E-state index in [4.69, 9.17) is 4.74 Å². The van der Waals surface area contributed by atoms with Crippen molar-refractivity contribution >= 4 is 0 Å². The second-order valence-electron chi connectivity index (χ2n) is 5.92. The molecule has 0 radical (unpaired) electrons. The molecule has 0 bridgehead atoms. The second kappa shape index (κ2) is 8.37. The van der Waals surface area contributed by atoms with Crippen LogP contribution in [0.3, 0.4) is 0 Å². The summed E-state index contributed by atoms with van der Waals surface area (Å²) in [7, 11) is 5.89. The number of methoxy groups -OCH3 is 1. The number of aliphatic hydroxyl groups is 1. The van der Waals surface area contributed by atoms with Gasteiger partial charge >= 0.3 is 0 Å². The Morgan fingerprint density at radius 1 is 1.24 bits per heavy atom. The molecule has 2 unspecified atom stereocenters. The number of rotatable bonds is 8. The maximum atomic E-state index is 9.77. The normalized spacial score (nSPS) is 14.5. The van der Waals surface area contributed by atoms with Crippen LogP contribution in [-0.2, 0) is 6.54 Å². The number of nitrogens with zero attached hydrogens (tertiary/aromatic N) is 2. The first-order valence-electron chi connectivity index (χ1n) is 7.62. The lowest BCUT2D eigenvalue weighted by molar-refractivity contribution is 0.172. The largest absolute Gasteiger partial charge is 0.496 e. The number of benzene rings is 1. The maximum absolute atomic E-state index is 9.77. The Morgan fingerprint density at radius 2 is 1.90 bits per heavy atom. The van der Waals surface area contributed by atoms with Crippen LogP contribution >= 0.6 is 0 Å². The summed E-state index contributed by atoms with van der Waals surface area (Å²) in [5.41, 5.74) is 2.06. The van der Waals surface area contributed by atoms with Gasteiger partial charge in [0.2, 0.25) is 0 Å². The Kier molecular flexibility index (Phi) is 7.15. The Morgan fingerprint density at radius 3 is 2.38 bits per heavy atom. The molecule has 0 aliphatic rings. The van der Waals surface area contributed by atoms with Gasteiger partial charge in [0.1, 0.15) is 5.75 Å². The molecular weight excluding hydrogens is 264 g/mol. The highest BCUT2D eigenvalue weighted by Crippen LogP contribution is 2.25. The molecule has 4 heteroatoms. The van der Waals surface area contributed by atoms with Crippen molar-refractivity contribution in [3.63, 3.8) is 0 Å².